The smallest absolute Gasteiger partial charge is 0.261 e. The summed E-state index contributed by atoms with van der Waals surface area (Å²) in [5.74, 6) is 2.12. The van der Waals surface area contributed by atoms with Gasteiger partial charge in [-0.2, -0.15) is 0 Å². The molecule has 5 nitrogen and oxygen atoms in total. The van der Waals surface area contributed by atoms with Crippen LogP contribution in [0.1, 0.15) is 37.9 Å². The fraction of sp³-hybridized carbons (Fsp3) is 0.316. The van der Waals surface area contributed by atoms with Crippen molar-refractivity contribution in [1.29, 1.82) is 0 Å². The molecule has 4 rings (SSSR count). The lowest BCUT2D eigenvalue weighted by Crippen LogP contribution is -2.12. The number of benzene rings is 2. The number of rotatable bonds is 4. The molecule has 2 N–H and O–H groups in total. The summed E-state index contributed by atoms with van der Waals surface area (Å²) in [5.41, 5.74) is 2.27. The molecular weight excluding hydrogens is 334 g/mol. The molecule has 0 saturated heterocycles. The average Bonchev–Trinajstić information content (AvgIpc) is 3.20. The first-order valence-electron chi connectivity index (χ1n) is 8.60. The molecule has 1 saturated carbocycles. The maximum absolute atomic E-state index is 12.5. The second-order valence-corrected chi connectivity index (χ2v) is 8.47. The number of anilines is 1. The lowest BCUT2D eigenvalue weighted by Gasteiger charge is -2.11. The van der Waals surface area contributed by atoms with Gasteiger partial charge in [-0.15, -0.1) is 0 Å². The third-order valence-electron chi connectivity index (χ3n) is 5.02. The second kappa shape index (κ2) is 6.19. The number of fused-ring (bicyclic) bond motifs is 1. The molecule has 3 aromatic rings. The molecule has 1 heterocycles. The zero-order valence-corrected chi connectivity index (χ0v) is 14.9. The van der Waals surface area contributed by atoms with Crippen LogP contribution >= 0.6 is 0 Å². The fourth-order valence-corrected chi connectivity index (χ4v) is 4.70. The molecule has 0 spiro atoms. The summed E-state index contributed by atoms with van der Waals surface area (Å²) in [6.07, 6.45) is 3.64. The molecule has 0 aliphatic heterocycles. The standard InChI is InChI=1S/C19H21N3O2S/c1-13-6-5-9-16(13)19-20-17-11-10-14(12-18(17)21-19)22-25(23,24)15-7-3-2-4-8-15/h2-4,7-8,10-13,16,22H,5-6,9H2,1H3,(H,20,21). The summed E-state index contributed by atoms with van der Waals surface area (Å²) in [5, 5.41) is 0. The Bertz CT molecular complexity index is 996. The van der Waals surface area contributed by atoms with E-state index in [1.807, 2.05) is 12.1 Å². The van der Waals surface area contributed by atoms with Gasteiger partial charge < -0.3 is 4.98 Å². The lowest BCUT2D eigenvalue weighted by molar-refractivity contribution is 0.514. The van der Waals surface area contributed by atoms with E-state index in [2.05, 4.69) is 16.6 Å². The highest BCUT2D eigenvalue weighted by atomic mass is 32.2. The Morgan fingerprint density at radius 2 is 1.92 bits per heavy atom. The van der Waals surface area contributed by atoms with Crippen molar-refractivity contribution in [2.45, 2.75) is 37.0 Å². The van der Waals surface area contributed by atoms with Gasteiger partial charge in [0.25, 0.3) is 10.0 Å². The Morgan fingerprint density at radius 3 is 2.64 bits per heavy atom. The number of aromatic nitrogens is 2. The van der Waals surface area contributed by atoms with Gasteiger partial charge in [-0.3, -0.25) is 4.72 Å². The zero-order valence-electron chi connectivity index (χ0n) is 14.1. The van der Waals surface area contributed by atoms with Gasteiger partial charge in [-0.25, -0.2) is 13.4 Å². The van der Waals surface area contributed by atoms with Crippen LogP contribution in [0.2, 0.25) is 0 Å². The van der Waals surface area contributed by atoms with Gasteiger partial charge in [0.15, 0.2) is 0 Å². The van der Waals surface area contributed by atoms with E-state index in [-0.39, 0.29) is 4.90 Å². The topological polar surface area (TPSA) is 74.8 Å². The largest absolute Gasteiger partial charge is 0.342 e. The third kappa shape index (κ3) is 3.14. The first kappa shape index (κ1) is 16.1. The molecule has 1 aliphatic rings. The van der Waals surface area contributed by atoms with Crippen molar-refractivity contribution in [3.05, 3.63) is 54.4 Å². The molecule has 130 valence electrons. The highest BCUT2D eigenvalue weighted by Gasteiger charge is 2.27. The Labute approximate surface area is 147 Å². The number of H-pyrrole nitrogens is 1. The highest BCUT2D eigenvalue weighted by Crippen LogP contribution is 2.38. The van der Waals surface area contributed by atoms with Crippen molar-refractivity contribution < 1.29 is 8.42 Å². The monoisotopic (exact) mass is 355 g/mol. The predicted octanol–water partition coefficient (Wildman–Crippen LogP) is 4.27. The summed E-state index contributed by atoms with van der Waals surface area (Å²) in [6, 6.07) is 13.8. The Kier molecular flexibility index (Phi) is 4.00. The number of nitrogens with one attached hydrogen (secondary N) is 2. The van der Waals surface area contributed by atoms with Gasteiger partial charge in [-0.1, -0.05) is 31.5 Å². The van der Waals surface area contributed by atoms with Crippen LogP contribution in [-0.2, 0) is 10.0 Å². The normalized spacial score (nSPS) is 20.8. The number of imidazole rings is 1. The predicted molar refractivity (Wildman–Crippen MR) is 99.1 cm³/mol. The molecule has 1 aromatic heterocycles. The van der Waals surface area contributed by atoms with Gasteiger partial charge in [0, 0.05) is 5.92 Å². The van der Waals surface area contributed by atoms with Crippen LogP contribution < -0.4 is 4.72 Å². The van der Waals surface area contributed by atoms with Crippen LogP contribution in [0, 0.1) is 5.92 Å². The first-order chi connectivity index (χ1) is 12.0. The number of hydrogen-bond donors (Lipinski definition) is 2. The van der Waals surface area contributed by atoms with Crippen molar-refractivity contribution in [2.24, 2.45) is 5.92 Å². The van der Waals surface area contributed by atoms with Gasteiger partial charge in [0.1, 0.15) is 5.82 Å². The van der Waals surface area contributed by atoms with Crippen molar-refractivity contribution in [3.63, 3.8) is 0 Å². The SMILES string of the molecule is CC1CCCC1c1nc2ccc(NS(=O)(=O)c3ccccc3)cc2[nH]1. The van der Waals surface area contributed by atoms with E-state index in [0.717, 1.165) is 23.3 Å². The van der Waals surface area contributed by atoms with Crippen molar-refractivity contribution >= 4 is 26.7 Å². The van der Waals surface area contributed by atoms with E-state index >= 15 is 0 Å². The maximum Gasteiger partial charge on any atom is 0.261 e. The van der Waals surface area contributed by atoms with Crippen molar-refractivity contribution in [1.82, 2.24) is 9.97 Å². The summed E-state index contributed by atoms with van der Waals surface area (Å²) >= 11 is 0. The Morgan fingerprint density at radius 1 is 1.12 bits per heavy atom. The highest BCUT2D eigenvalue weighted by molar-refractivity contribution is 7.92. The van der Waals surface area contributed by atoms with Crippen LogP contribution in [0.3, 0.4) is 0 Å². The van der Waals surface area contributed by atoms with Crippen molar-refractivity contribution in [2.75, 3.05) is 4.72 Å². The zero-order chi connectivity index (χ0) is 17.4. The maximum atomic E-state index is 12.5. The van der Waals surface area contributed by atoms with Gasteiger partial charge in [-0.05, 0) is 49.1 Å². The molecule has 0 amide bonds. The molecule has 0 bridgehead atoms. The van der Waals surface area contributed by atoms with Crippen LogP contribution in [0.25, 0.3) is 11.0 Å². The first-order valence-corrected chi connectivity index (χ1v) is 10.1. The van der Waals surface area contributed by atoms with Gasteiger partial charge in [0.05, 0.1) is 21.6 Å². The number of nitrogens with zero attached hydrogens (tertiary/aromatic N) is 1. The van der Waals surface area contributed by atoms with E-state index in [4.69, 9.17) is 4.98 Å². The summed E-state index contributed by atoms with van der Waals surface area (Å²) < 4.78 is 27.6. The molecule has 0 radical (unpaired) electrons. The molecule has 1 fully saturated rings. The van der Waals surface area contributed by atoms with Gasteiger partial charge in [0.2, 0.25) is 0 Å². The minimum Gasteiger partial charge on any atom is -0.342 e. The van der Waals surface area contributed by atoms with Gasteiger partial charge >= 0.3 is 0 Å². The third-order valence-corrected chi connectivity index (χ3v) is 6.42. The minimum absolute atomic E-state index is 0.250. The molecule has 2 unspecified atom stereocenters. The molecule has 2 aromatic carbocycles. The van der Waals surface area contributed by atoms with Crippen LogP contribution in [0.5, 0.6) is 0 Å². The quantitative estimate of drug-likeness (QED) is 0.734. The van der Waals surface area contributed by atoms with E-state index in [1.165, 1.54) is 12.8 Å². The van der Waals surface area contributed by atoms with Crippen LogP contribution in [-0.4, -0.2) is 18.4 Å². The fourth-order valence-electron chi connectivity index (χ4n) is 3.63. The molecule has 25 heavy (non-hydrogen) atoms. The molecule has 2 atom stereocenters. The summed E-state index contributed by atoms with van der Waals surface area (Å²) in [6.45, 7) is 2.27. The summed E-state index contributed by atoms with van der Waals surface area (Å²) in [7, 11) is -3.58. The van der Waals surface area contributed by atoms with Crippen LogP contribution in [0.15, 0.2) is 53.4 Å². The van der Waals surface area contributed by atoms with E-state index in [0.29, 0.717) is 17.5 Å². The average molecular weight is 355 g/mol. The number of aromatic amines is 1. The molecule has 6 heteroatoms. The number of hydrogen-bond acceptors (Lipinski definition) is 3. The number of sulfonamides is 1. The summed E-state index contributed by atoms with van der Waals surface area (Å²) in [4.78, 5) is 8.35. The van der Waals surface area contributed by atoms with Crippen LogP contribution in [0.4, 0.5) is 5.69 Å². The van der Waals surface area contributed by atoms with Crippen molar-refractivity contribution in [3.8, 4) is 0 Å². The lowest BCUT2D eigenvalue weighted by atomic mass is 9.98. The Balaban J connectivity index is 1.63. The minimum atomic E-state index is -3.58. The van der Waals surface area contributed by atoms with E-state index in [9.17, 15) is 8.42 Å². The molecule has 1 aliphatic carbocycles. The molecular formula is C19H21N3O2S. The second-order valence-electron chi connectivity index (χ2n) is 6.79. The van der Waals surface area contributed by atoms with E-state index in [1.54, 1.807) is 36.4 Å². The van der Waals surface area contributed by atoms with E-state index < -0.39 is 10.0 Å². The Hall–Kier alpha value is -2.34.